The second kappa shape index (κ2) is 12.1. The summed E-state index contributed by atoms with van der Waals surface area (Å²) in [4.78, 5) is 39.9. The van der Waals surface area contributed by atoms with E-state index in [1.165, 1.54) is 19.1 Å². The first kappa shape index (κ1) is 27.5. The van der Waals surface area contributed by atoms with Gasteiger partial charge in [-0.1, -0.05) is 47.5 Å². The third-order valence-electron chi connectivity index (χ3n) is 4.97. The topological polar surface area (TPSA) is 84.9 Å². The van der Waals surface area contributed by atoms with Gasteiger partial charge in [-0.15, -0.1) is 0 Å². The molecule has 0 radical (unpaired) electrons. The molecule has 0 aliphatic heterocycles. The second-order valence-electron chi connectivity index (χ2n) is 8.85. The van der Waals surface area contributed by atoms with E-state index in [1.807, 2.05) is 0 Å². The third kappa shape index (κ3) is 8.54. The first-order valence-electron chi connectivity index (χ1n) is 10.7. The van der Waals surface area contributed by atoms with Crippen LogP contribution in [-0.2, 0) is 31.9 Å². The van der Waals surface area contributed by atoms with Crippen LogP contribution >= 0.6 is 23.2 Å². The molecule has 0 aromatic heterocycles. The number of likely N-dealkylation sites (N-methyl/N-ethyl adjacent to an activating group) is 1. The van der Waals surface area contributed by atoms with Gasteiger partial charge >= 0.3 is 12.1 Å². The average molecular weight is 509 g/mol. The summed E-state index contributed by atoms with van der Waals surface area (Å²) in [7, 11) is 2.77. The van der Waals surface area contributed by atoms with Gasteiger partial charge < -0.3 is 19.7 Å². The van der Waals surface area contributed by atoms with E-state index in [4.69, 9.17) is 32.7 Å². The molecule has 184 valence electrons. The van der Waals surface area contributed by atoms with Crippen molar-refractivity contribution in [2.45, 2.75) is 51.3 Å². The standard InChI is InChI=1S/C25H30Cl2N2O5/c1-25(2,3)34-24(32)28-20(14-16-6-10-18(26)11-7-16)22(30)29(4)21(23(31)33-5)15-17-8-12-19(27)13-9-17/h6-13,20-21H,14-15H2,1-5H3,(H,28,32)/t20-,21-/m0/s1. The number of hydrogen-bond acceptors (Lipinski definition) is 5. The Morgan fingerprint density at radius 1 is 0.912 bits per heavy atom. The molecule has 34 heavy (non-hydrogen) atoms. The molecule has 0 aliphatic carbocycles. The van der Waals surface area contributed by atoms with Gasteiger partial charge in [0.05, 0.1) is 7.11 Å². The lowest BCUT2D eigenvalue weighted by Crippen LogP contribution is -2.54. The number of ether oxygens (including phenoxy) is 2. The maximum atomic E-state index is 13.5. The fourth-order valence-electron chi connectivity index (χ4n) is 3.26. The molecule has 0 aliphatic rings. The van der Waals surface area contributed by atoms with Crippen LogP contribution in [0.2, 0.25) is 10.0 Å². The third-order valence-corrected chi connectivity index (χ3v) is 5.48. The maximum absolute atomic E-state index is 13.5. The SMILES string of the molecule is COC(=O)[C@H](Cc1ccc(Cl)cc1)N(C)C(=O)[C@H](Cc1ccc(Cl)cc1)NC(=O)OC(C)(C)C. The van der Waals surface area contributed by atoms with Gasteiger partial charge in [0.2, 0.25) is 5.91 Å². The van der Waals surface area contributed by atoms with Crippen molar-refractivity contribution in [2.24, 2.45) is 0 Å². The van der Waals surface area contributed by atoms with Crippen LogP contribution in [0.4, 0.5) is 4.79 Å². The summed E-state index contributed by atoms with van der Waals surface area (Å²) in [6.07, 6.45) is -0.346. The van der Waals surface area contributed by atoms with Crippen LogP contribution in [0.15, 0.2) is 48.5 Å². The van der Waals surface area contributed by atoms with Crippen LogP contribution in [0, 0.1) is 0 Å². The van der Waals surface area contributed by atoms with Crippen molar-refractivity contribution < 1.29 is 23.9 Å². The van der Waals surface area contributed by atoms with E-state index in [-0.39, 0.29) is 12.8 Å². The molecule has 2 atom stereocenters. The minimum atomic E-state index is -0.988. The van der Waals surface area contributed by atoms with Crippen molar-refractivity contribution in [3.05, 3.63) is 69.7 Å². The van der Waals surface area contributed by atoms with Gasteiger partial charge in [0, 0.05) is 29.9 Å². The number of nitrogens with one attached hydrogen (secondary N) is 1. The minimum absolute atomic E-state index is 0.175. The molecule has 2 aromatic rings. The molecule has 0 unspecified atom stereocenters. The molecule has 2 amide bonds. The van der Waals surface area contributed by atoms with Crippen molar-refractivity contribution in [3.63, 3.8) is 0 Å². The predicted molar refractivity (Wildman–Crippen MR) is 132 cm³/mol. The van der Waals surface area contributed by atoms with Crippen molar-refractivity contribution in [2.75, 3.05) is 14.2 Å². The summed E-state index contributed by atoms with van der Waals surface area (Å²) in [6.45, 7) is 5.19. The molecule has 1 N–H and O–H groups in total. The Balaban J connectivity index is 2.29. The normalized spacial score (nSPS) is 12.9. The first-order valence-corrected chi connectivity index (χ1v) is 11.5. The molecule has 0 spiro atoms. The Morgan fingerprint density at radius 3 is 1.82 bits per heavy atom. The van der Waals surface area contributed by atoms with Gasteiger partial charge in [0.1, 0.15) is 17.7 Å². The van der Waals surface area contributed by atoms with E-state index in [9.17, 15) is 14.4 Å². The fraction of sp³-hybridized carbons (Fsp3) is 0.400. The summed E-state index contributed by atoms with van der Waals surface area (Å²) >= 11 is 11.9. The number of halogens is 2. The number of methoxy groups -OCH3 is 1. The van der Waals surface area contributed by atoms with Gasteiger partial charge in [0.15, 0.2) is 0 Å². The molecule has 0 fully saturated rings. The maximum Gasteiger partial charge on any atom is 0.408 e. The van der Waals surface area contributed by atoms with E-state index in [0.717, 1.165) is 11.1 Å². The number of carbonyl (C=O) groups excluding carboxylic acids is 3. The summed E-state index contributed by atoms with van der Waals surface area (Å²) in [6, 6.07) is 12.0. The zero-order valence-electron chi connectivity index (χ0n) is 19.9. The Hall–Kier alpha value is -2.77. The lowest BCUT2D eigenvalue weighted by molar-refractivity contribution is -0.152. The highest BCUT2D eigenvalue weighted by Crippen LogP contribution is 2.17. The van der Waals surface area contributed by atoms with Crippen LogP contribution < -0.4 is 5.32 Å². The molecule has 0 saturated carbocycles. The quantitative estimate of drug-likeness (QED) is 0.523. The summed E-state index contributed by atoms with van der Waals surface area (Å²) in [5.41, 5.74) is 0.834. The van der Waals surface area contributed by atoms with E-state index >= 15 is 0 Å². The van der Waals surface area contributed by atoms with Crippen molar-refractivity contribution in [1.82, 2.24) is 10.2 Å². The molecule has 2 aromatic carbocycles. The Labute approximate surface area is 210 Å². The smallest absolute Gasteiger partial charge is 0.408 e. The fourth-order valence-corrected chi connectivity index (χ4v) is 3.52. The van der Waals surface area contributed by atoms with Crippen molar-refractivity contribution >= 4 is 41.2 Å². The highest BCUT2D eigenvalue weighted by atomic mass is 35.5. The Morgan fingerprint density at radius 2 is 1.38 bits per heavy atom. The lowest BCUT2D eigenvalue weighted by atomic mass is 10.0. The van der Waals surface area contributed by atoms with Gasteiger partial charge in [-0.2, -0.15) is 0 Å². The molecule has 0 saturated heterocycles. The highest BCUT2D eigenvalue weighted by Gasteiger charge is 2.34. The van der Waals surface area contributed by atoms with Gasteiger partial charge in [0.25, 0.3) is 0 Å². The van der Waals surface area contributed by atoms with E-state index in [0.29, 0.717) is 10.0 Å². The van der Waals surface area contributed by atoms with Crippen molar-refractivity contribution in [1.29, 1.82) is 0 Å². The van der Waals surface area contributed by atoms with Gasteiger partial charge in [-0.25, -0.2) is 9.59 Å². The summed E-state index contributed by atoms with van der Waals surface area (Å²) < 4.78 is 10.3. The number of esters is 1. The molecule has 9 heteroatoms. The Bertz CT molecular complexity index is 988. The zero-order valence-corrected chi connectivity index (χ0v) is 21.4. The lowest BCUT2D eigenvalue weighted by Gasteiger charge is -2.31. The molecular formula is C25H30Cl2N2O5. The minimum Gasteiger partial charge on any atom is -0.467 e. The number of nitrogens with zero attached hydrogens (tertiary/aromatic N) is 1. The zero-order chi connectivity index (χ0) is 25.5. The predicted octanol–water partition coefficient (Wildman–Crippen LogP) is 4.67. The summed E-state index contributed by atoms with van der Waals surface area (Å²) in [5, 5.41) is 3.76. The van der Waals surface area contributed by atoms with Crippen LogP contribution in [0.5, 0.6) is 0 Å². The molecule has 0 bridgehead atoms. The first-order chi connectivity index (χ1) is 15.9. The number of benzene rings is 2. The molecule has 2 rings (SSSR count). The van der Waals surface area contributed by atoms with Crippen LogP contribution in [0.3, 0.4) is 0 Å². The molecular weight excluding hydrogens is 479 g/mol. The van der Waals surface area contributed by atoms with E-state index < -0.39 is 35.7 Å². The number of carbonyl (C=O) groups is 3. The van der Waals surface area contributed by atoms with Crippen LogP contribution in [0.25, 0.3) is 0 Å². The Kier molecular flexibility index (Phi) is 9.77. The van der Waals surface area contributed by atoms with Gasteiger partial charge in [-0.05, 0) is 56.2 Å². The van der Waals surface area contributed by atoms with E-state index in [2.05, 4.69) is 5.32 Å². The van der Waals surface area contributed by atoms with E-state index in [1.54, 1.807) is 69.3 Å². The number of amides is 2. The number of rotatable bonds is 8. The second-order valence-corrected chi connectivity index (χ2v) is 9.72. The number of alkyl carbamates (subject to hydrolysis) is 1. The highest BCUT2D eigenvalue weighted by molar-refractivity contribution is 6.30. The van der Waals surface area contributed by atoms with Crippen molar-refractivity contribution in [3.8, 4) is 0 Å². The average Bonchev–Trinajstić information content (AvgIpc) is 2.77. The summed E-state index contributed by atoms with van der Waals surface area (Å²) in [5.74, 6) is -1.04. The van der Waals surface area contributed by atoms with Gasteiger partial charge in [-0.3, -0.25) is 4.79 Å². The largest absolute Gasteiger partial charge is 0.467 e. The van der Waals surface area contributed by atoms with Crippen LogP contribution in [-0.4, -0.2) is 54.7 Å². The number of hydrogen-bond donors (Lipinski definition) is 1. The van der Waals surface area contributed by atoms with Crippen LogP contribution in [0.1, 0.15) is 31.9 Å². The molecule has 0 heterocycles. The monoisotopic (exact) mass is 508 g/mol. The molecule has 7 nitrogen and oxygen atoms in total.